The number of likely N-dealkylation sites (N-methyl/N-ethyl adjacent to an activating group) is 1. The molecule has 1 aliphatic rings. The third-order valence-electron chi connectivity index (χ3n) is 3.56. The molecule has 0 saturated carbocycles. The molecule has 0 aromatic carbocycles. The molecule has 1 N–H and O–H groups in total. The lowest BCUT2D eigenvalue weighted by Crippen LogP contribution is -2.30. The SMILES string of the molecule is CCCC(Cc1nc(N2CCCCC2)no1)NC. The van der Waals surface area contributed by atoms with Crippen molar-refractivity contribution in [3.05, 3.63) is 5.89 Å². The van der Waals surface area contributed by atoms with E-state index in [9.17, 15) is 0 Å². The van der Waals surface area contributed by atoms with E-state index < -0.39 is 0 Å². The second kappa shape index (κ2) is 6.73. The maximum absolute atomic E-state index is 5.35. The predicted octanol–water partition coefficient (Wildman–Crippen LogP) is 1.99. The van der Waals surface area contributed by atoms with Crippen LogP contribution >= 0.6 is 0 Å². The molecule has 5 nitrogen and oxygen atoms in total. The number of piperidine rings is 1. The van der Waals surface area contributed by atoms with E-state index in [4.69, 9.17) is 4.52 Å². The third-order valence-corrected chi connectivity index (χ3v) is 3.56. The highest BCUT2D eigenvalue weighted by Gasteiger charge is 2.18. The number of nitrogens with one attached hydrogen (secondary N) is 1. The molecule has 1 aromatic heterocycles. The van der Waals surface area contributed by atoms with E-state index in [1.807, 2.05) is 7.05 Å². The number of hydrogen-bond donors (Lipinski definition) is 1. The normalized spacial score (nSPS) is 18.0. The van der Waals surface area contributed by atoms with Crippen LogP contribution in [-0.4, -0.2) is 36.3 Å². The topological polar surface area (TPSA) is 54.2 Å². The van der Waals surface area contributed by atoms with Gasteiger partial charge in [0.15, 0.2) is 0 Å². The lowest BCUT2D eigenvalue weighted by Gasteiger charge is -2.24. The fraction of sp³-hybridized carbons (Fsp3) is 0.846. The Morgan fingerprint density at radius 1 is 1.33 bits per heavy atom. The van der Waals surface area contributed by atoms with Gasteiger partial charge in [-0.15, -0.1) is 0 Å². The van der Waals surface area contributed by atoms with Crippen LogP contribution in [0.25, 0.3) is 0 Å². The molecule has 1 aliphatic heterocycles. The minimum Gasteiger partial charge on any atom is -0.338 e. The van der Waals surface area contributed by atoms with Crippen LogP contribution in [0.1, 0.15) is 44.9 Å². The summed E-state index contributed by atoms with van der Waals surface area (Å²) >= 11 is 0. The van der Waals surface area contributed by atoms with Crippen molar-refractivity contribution in [1.29, 1.82) is 0 Å². The molecule has 2 rings (SSSR count). The number of rotatable bonds is 6. The highest BCUT2D eigenvalue weighted by Crippen LogP contribution is 2.17. The number of aromatic nitrogens is 2. The van der Waals surface area contributed by atoms with Crippen LogP contribution in [0.15, 0.2) is 4.52 Å². The summed E-state index contributed by atoms with van der Waals surface area (Å²) in [6, 6.07) is 0.435. The molecule has 1 unspecified atom stereocenters. The molecule has 1 saturated heterocycles. The quantitative estimate of drug-likeness (QED) is 0.839. The Labute approximate surface area is 109 Å². The summed E-state index contributed by atoms with van der Waals surface area (Å²) in [6.07, 6.45) is 6.92. The average Bonchev–Trinajstić information content (AvgIpc) is 2.88. The van der Waals surface area contributed by atoms with Crippen molar-refractivity contribution in [2.75, 3.05) is 25.0 Å². The summed E-state index contributed by atoms with van der Waals surface area (Å²) in [6.45, 7) is 4.31. The fourth-order valence-corrected chi connectivity index (χ4v) is 2.46. The van der Waals surface area contributed by atoms with Crippen LogP contribution in [0.4, 0.5) is 5.95 Å². The van der Waals surface area contributed by atoms with Gasteiger partial charge in [-0.25, -0.2) is 0 Å². The van der Waals surface area contributed by atoms with Crippen molar-refractivity contribution < 1.29 is 4.52 Å². The number of nitrogens with zero attached hydrogens (tertiary/aromatic N) is 3. The standard InChI is InChI=1S/C13H24N4O/c1-3-7-11(14-2)10-12-15-13(16-18-12)17-8-5-4-6-9-17/h11,14H,3-10H2,1-2H3. The first-order chi connectivity index (χ1) is 8.83. The smallest absolute Gasteiger partial charge is 0.266 e. The largest absolute Gasteiger partial charge is 0.338 e. The minimum absolute atomic E-state index is 0.435. The summed E-state index contributed by atoms with van der Waals surface area (Å²) in [5.74, 6) is 1.53. The molecular weight excluding hydrogens is 228 g/mol. The maximum Gasteiger partial charge on any atom is 0.266 e. The van der Waals surface area contributed by atoms with E-state index >= 15 is 0 Å². The van der Waals surface area contributed by atoms with Gasteiger partial charge in [-0.1, -0.05) is 13.3 Å². The van der Waals surface area contributed by atoms with Crippen molar-refractivity contribution in [2.45, 2.75) is 51.5 Å². The Morgan fingerprint density at radius 3 is 2.78 bits per heavy atom. The minimum atomic E-state index is 0.435. The Kier molecular flexibility index (Phi) is 4.99. The Hall–Kier alpha value is -1.10. The zero-order chi connectivity index (χ0) is 12.8. The van der Waals surface area contributed by atoms with Crippen LogP contribution in [0, 0.1) is 0 Å². The lowest BCUT2D eigenvalue weighted by molar-refractivity contribution is 0.354. The van der Waals surface area contributed by atoms with E-state index in [0.29, 0.717) is 6.04 Å². The van der Waals surface area contributed by atoms with E-state index in [1.54, 1.807) is 0 Å². The second-order valence-electron chi connectivity index (χ2n) is 5.01. The molecule has 0 bridgehead atoms. The molecule has 1 atom stereocenters. The molecule has 5 heteroatoms. The lowest BCUT2D eigenvalue weighted by atomic mass is 10.1. The first-order valence-corrected chi connectivity index (χ1v) is 7.08. The molecule has 18 heavy (non-hydrogen) atoms. The zero-order valence-electron chi connectivity index (χ0n) is 11.5. The van der Waals surface area contributed by atoms with Gasteiger partial charge >= 0.3 is 0 Å². The van der Waals surface area contributed by atoms with E-state index in [-0.39, 0.29) is 0 Å². The molecule has 0 amide bonds. The van der Waals surface area contributed by atoms with Gasteiger partial charge < -0.3 is 14.7 Å². The maximum atomic E-state index is 5.35. The summed E-state index contributed by atoms with van der Waals surface area (Å²) in [5.41, 5.74) is 0. The number of hydrogen-bond acceptors (Lipinski definition) is 5. The predicted molar refractivity (Wildman–Crippen MR) is 71.8 cm³/mol. The summed E-state index contributed by atoms with van der Waals surface area (Å²) in [7, 11) is 1.99. The van der Waals surface area contributed by atoms with Gasteiger partial charge in [0.05, 0.1) is 0 Å². The van der Waals surface area contributed by atoms with Crippen LogP contribution in [0.5, 0.6) is 0 Å². The Balaban J connectivity index is 1.92. The van der Waals surface area contributed by atoms with Crippen molar-refractivity contribution in [3.8, 4) is 0 Å². The summed E-state index contributed by atoms with van der Waals surface area (Å²) in [5, 5.41) is 7.40. The van der Waals surface area contributed by atoms with Crippen molar-refractivity contribution in [3.63, 3.8) is 0 Å². The van der Waals surface area contributed by atoms with Crippen molar-refractivity contribution in [2.24, 2.45) is 0 Å². The van der Waals surface area contributed by atoms with Gasteiger partial charge in [0.25, 0.3) is 5.95 Å². The van der Waals surface area contributed by atoms with Gasteiger partial charge in [0.2, 0.25) is 5.89 Å². The van der Waals surface area contributed by atoms with Gasteiger partial charge in [-0.2, -0.15) is 4.98 Å². The average molecular weight is 252 g/mol. The molecule has 0 spiro atoms. The molecule has 102 valence electrons. The molecule has 0 radical (unpaired) electrons. The Morgan fingerprint density at radius 2 is 2.11 bits per heavy atom. The van der Waals surface area contributed by atoms with E-state index in [0.717, 1.165) is 37.8 Å². The molecular formula is C13H24N4O. The third kappa shape index (κ3) is 3.45. The number of anilines is 1. The first kappa shape index (κ1) is 13.3. The highest BCUT2D eigenvalue weighted by atomic mass is 16.5. The van der Waals surface area contributed by atoms with Gasteiger partial charge in [-0.3, -0.25) is 0 Å². The summed E-state index contributed by atoms with van der Waals surface area (Å²) in [4.78, 5) is 6.74. The molecule has 2 heterocycles. The molecule has 0 aliphatic carbocycles. The Bertz CT molecular complexity index is 347. The van der Waals surface area contributed by atoms with Crippen molar-refractivity contribution in [1.82, 2.24) is 15.5 Å². The van der Waals surface area contributed by atoms with Gasteiger partial charge in [0.1, 0.15) is 0 Å². The molecule has 1 fully saturated rings. The van der Waals surface area contributed by atoms with Gasteiger partial charge in [-0.05, 0) is 37.9 Å². The second-order valence-corrected chi connectivity index (χ2v) is 5.01. The summed E-state index contributed by atoms with van der Waals surface area (Å²) < 4.78 is 5.35. The highest BCUT2D eigenvalue weighted by molar-refractivity contribution is 5.28. The van der Waals surface area contributed by atoms with Crippen LogP contribution in [-0.2, 0) is 6.42 Å². The van der Waals surface area contributed by atoms with Crippen LogP contribution in [0.3, 0.4) is 0 Å². The fourth-order valence-electron chi connectivity index (χ4n) is 2.46. The van der Waals surface area contributed by atoms with Crippen molar-refractivity contribution >= 4 is 5.95 Å². The van der Waals surface area contributed by atoms with E-state index in [1.165, 1.54) is 25.7 Å². The monoisotopic (exact) mass is 252 g/mol. The van der Waals surface area contributed by atoms with Gasteiger partial charge in [0, 0.05) is 25.6 Å². The van der Waals surface area contributed by atoms with E-state index in [2.05, 4.69) is 27.3 Å². The van der Waals surface area contributed by atoms with Crippen LogP contribution in [0.2, 0.25) is 0 Å². The van der Waals surface area contributed by atoms with Crippen LogP contribution < -0.4 is 10.2 Å². The molecule has 1 aromatic rings. The zero-order valence-corrected chi connectivity index (χ0v) is 11.5. The first-order valence-electron chi connectivity index (χ1n) is 7.08.